The Bertz CT molecular complexity index is 643. The highest BCUT2D eigenvalue weighted by Gasteiger charge is 2.03. The van der Waals surface area contributed by atoms with E-state index < -0.39 is 0 Å². The Morgan fingerprint density at radius 1 is 1.04 bits per heavy atom. The van der Waals surface area contributed by atoms with Gasteiger partial charge in [0, 0.05) is 19.3 Å². The van der Waals surface area contributed by atoms with Gasteiger partial charge in [0.05, 0.1) is 25.4 Å². The van der Waals surface area contributed by atoms with E-state index in [1.807, 2.05) is 30.3 Å². The molecule has 0 amide bonds. The Morgan fingerprint density at radius 3 is 2.56 bits per heavy atom. The van der Waals surface area contributed by atoms with Crippen molar-refractivity contribution in [2.75, 3.05) is 13.2 Å². The first-order valence-corrected chi connectivity index (χ1v) is 8.90. The SMILES string of the molecule is CCCOCc1ccccc1CN=C(NCC)NCc1ccccn1. The number of hydrogen-bond donors (Lipinski definition) is 2. The van der Waals surface area contributed by atoms with Gasteiger partial charge in [-0.2, -0.15) is 0 Å². The van der Waals surface area contributed by atoms with Gasteiger partial charge in [-0.3, -0.25) is 4.98 Å². The average molecular weight is 340 g/mol. The summed E-state index contributed by atoms with van der Waals surface area (Å²) in [4.78, 5) is 9.02. The molecule has 0 aliphatic rings. The van der Waals surface area contributed by atoms with Gasteiger partial charge in [-0.25, -0.2) is 4.99 Å². The number of guanidine groups is 1. The Hall–Kier alpha value is -2.40. The fourth-order valence-electron chi connectivity index (χ4n) is 2.36. The van der Waals surface area contributed by atoms with Crippen LogP contribution in [-0.4, -0.2) is 24.1 Å². The monoisotopic (exact) mass is 340 g/mol. The van der Waals surface area contributed by atoms with Gasteiger partial charge in [-0.15, -0.1) is 0 Å². The number of hydrogen-bond acceptors (Lipinski definition) is 3. The van der Waals surface area contributed by atoms with E-state index in [4.69, 9.17) is 9.73 Å². The lowest BCUT2D eigenvalue weighted by Gasteiger charge is -2.12. The van der Waals surface area contributed by atoms with Crippen LogP contribution < -0.4 is 10.6 Å². The van der Waals surface area contributed by atoms with Crippen LogP contribution in [0.3, 0.4) is 0 Å². The third-order valence-corrected chi connectivity index (χ3v) is 3.64. The Morgan fingerprint density at radius 2 is 1.84 bits per heavy atom. The number of ether oxygens (including phenoxy) is 1. The molecule has 0 atom stereocenters. The summed E-state index contributed by atoms with van der Waals surface area (Å²) in [5, 5.41) is 6.60. The van der Waals surface area contributed by atoms with Gasteiger partial charge >= 0.3 is 0 Å². The summed E-state index contributed by atoms with van der Waals surface area (Å²) in [7, 11) is 0. The second-order valence-electron chi connectivity index (χ2n) is 5.69. The number of benzene rings is 1. The molecule has 2 N–H and O–H groups in total. The first-order chi connectivity index (χ1) is 12.3. The molecule has 1 heterocycles. The summed E-state index contributed by atoms with van der Waals surface area (Å²) < 4.78 is 5.68. The van der Waals surface area contributed by atoms with Gasteiger partial charge < -0.3 is 15.4 Å². The largest absolute Gasteiger partial charge is 0.377 e. The average Bonchev–Trinajstić information content (AvgIpc) is 2.66. The minimum atomic E-state index is 0.614. The quantitative estimate of drug-likeness (QED) is 0.418. The van der Waals surface area contributed by atoms with Gasteiger partial charge in [0.1, 0.15) is 0 Å². The number of nitrogens with zero attached hydrogens (tertiary/aromatic N) is 2. The van der Waals surface area contributed by atoms with Crippen molar-refractivity contribution in [2.24, 2.45) is 4.99 Å². The van der Waals surface area contributed by atoms with Gasteiger partial charge in [-0.1, -0.05) is 37.3 Å². The summed E-state index contributed by atoms with van der Waals surface area (Å²) in [6.45, 7) is 7.67. The Kier molecular flexibility index (Phi) is 8.49. The van der Waals surface area contributed by atoms with Crippen LogP contribution in [0.4, 0.5) is 0 Å². The van der Waals surface area contributed by atoms with Crippen molar-refractivity contribution in [2.45, 2.75) is 40.0 Å². The van der Waals surface area contributed by atoms with Gasteiger partial charge in [0.15, 0.2) is 5.96 Å². The van der Waals surface area contributed by atoms with Crippen molar-refractivity contribution in [3.63, 3.8) is 0 Å². The third kappa shape index (κ3) is 6.93. The summed E-state index contributed by atoms with van der Waals surface area (Å²) in [6, 6.07) is 14.2. The molecule has 2 rings (SSSR count). The molecule has 0 aliphatic heterocycles. The predicted octanol–water partition coefficient (Wildman–Crippen LogP) is 3.26. The van der Waals surface area contributed by atoms with Crippen molar-refractivity contribution in [3.05, 3.63) is 65.5 Å². The Labute approximate surface area is 150 Å². The lowest BCUT2D eigenvalue weighted by atomic mass is 10.1. The third-order valence-electron chi connectivity index (χ3n) is 3.64. The van der Waals surface area contributed by atoms with Crippen molar-refractivity contribution < 1.29 is 4.74 Å². The van der Waals surface area contributed by atoms with Crippen LogP contribution in [0.2, 0.25) is 0 Å². The van der Waals surface area contributed by atoms with Crippen molar-refractivity contribution >= 4 is 5.96 Å². The number of nitrogens with one attached hydrogen (secondary N) is 2. The molecule has 5 heteroatoms. The molecule has 0 saturated carbocycles. The highest BCUT2D eigenvalue weighted by molar-refractivity contribution is 5.79. The molecule has 0 bridgehead atoms. The zero-order valence-electron chi connectivity index (χ0n) is 15.2. The second kappa shape index (κ2) is 11.2. The first kappa shape index (κ1) is 18.9. The molecule has 1 aromatic heterocycles. The molecule has 0 fully saturated rings. The molecule has 134 valence electrons. The van der Waals surface area contributed by atoms with Gasteiger partial charge in [0.25, 0.3) is 0 Å². The minimum Gasteiger partial charge on any atom is -0.377 e. The molecule has 25 heavy (non-hydrogen) atoms. The summed E-state index contributed by atoms with van der Waals surface area (Å²) >= 11 is 0. The molecule has 2 aromatic rings. The molecular weight excluding hydrogens is 312 g/mol. The van der Waals surface area contributed by atoms with Crippen LogP contribution in [-0.2, 0) is 24.4 Å². The minimum absolute atomic E-state index is 0.614. The highest BCUT2D eigenvalue weighted by Crippen LogP contribution is 2.11. The van der Waals surface area contributed by atoms with Crippen LogP contribution >= 0.6 is 0 Å². The van der Waals surface area contributed by atoms with Crippen LogP contribution in [0.1, 0.15) is 37.1 Å². The molecular formula is C20H28N4O. The molecule has 0 spiro atoms. The maximum absolute atomic E-state index is 5.68. The first-order valence-electron chi connectivity index (χ1n) is 8.90. The van der Waals surface area contributed by atoms with E-state index in [9.17, 15) is 0 Å². The van der Waals surface area contributed by atoms with Crippen LogP contribution in [0.15, 0.2) is 53.7 Å². The van der Waals surface area contributed by atoms with Gasteiger partial charge in [0.2, 0.25) is 0 Å². The molecule has 5 nitrogen and oxygen atoms in total. The van der Waals surface area contributed by atoms with E-state index in [1.165, 1.54) is 11.1 Å². The maximum atomic E-state index is 5.68. The molecule has 0 saturated heterocycles. The lowest BCUT2D eigenvalue weighted by Crippen LogP contribution is -2.37. The van der Waals surface area contributed by atoms with E-state index in [2.05, 4.69) is 41.6 Å². The smallest absolute Gasteiger partial charge is 0.191 e. The number of aromatic nitrogens is 1. The van der Waals surface area contributed by atoms with E-state index >= 15 is 0 Å². The summed E-state index contributed by atoms with van der Waals surface area (Å²) in [5.41, 5.74) is 3.37. The number of aliphatic imine (C=N–C) groups is 1. The fourth-order valence-corrected chi connectivity index (χ4v) is 2.36. The molecule has 0 aliphatic carbocycles. The van der Waals surface area contributed by atoms with Crippen molar-refractivity contribution in [1.29, 1.82) is 0 Å². The fraction of sp³-hybridized carbons (Fsp3) is 0.400. The standard InChI is InChI=1S/C20H28N4O/c1-3-13-25-16-18-10-6-5-9-17(18)14-23-20(21-4-2)24-15-19-11-7-8-12-22-19/h5-12H,3-4,13-16H2,1-2H3,(H2,21,23,24). The normalized spacial score (nSPS) is 11.4. The number of pyridine rings is 1. The second-order valence-corrected chi connectivity index (χ2v) is 5.69. The molecule has 0 unspecified atom stereocenters. The van der Waals surface area contributed by atoms with Crippen LogP contribution in [0, 0.1) is 0 Å². The van der Waals surface area contributed by atoms with Crippen LogP contribution in [0.5, 0.6) is 0 Å². The van der Waals surface area contributed by atoms with E-state index in [0.717, 1.165) is 31.2 Å². The lowest BCUT2D eigenvalue weighted by molar-refractivity contribution is 0.121. The Balaban J connectivity index is 1.98. The number of rotatable bonds is 9. The predicted molar refractivity (Wildman–Crippen MR) is 102 cm³/mol. The van der Waals surface area contributed by atoms with E-state index in [0.29, 0.717) is 19.7 Å². The van der Waals surface area contributed by atoms with E-state index in [1.54, 1.807) is 6.20 Å². The zero-order valence-corrected chi connectivity index (χ0v) is 15.2. The maximum Gasteiger partial charge on any atom is 0.191 e. The molecule has 0 radical (unpaired) electrons. The summed E-state index contributed by atoms with van der Waals surface area (Å²) in [6.07, 6.45) is 2.83. The highest BCUT2D eigenvalue weighted by atomic mass is 16.5. The van der Waals surface area contributed by atoms with Crippen LogP contribution in [0.25, 0.3) is 0 Å². The van der Waals surface area contributed by atoms with Crippen molar-refractivity contribution in [1.82, 2.24) is 15.6 Å². The van der Waals surface area contributed by atoms with Crippen molar-refractivity contribution in [3.8, 4) is 0 Å². The van der Waals surface area contributed by atoms with E-state index in [-0.39, 0.29) is 0 Å². The van der Waals surface area contributed by atoms with Gasteiger partial charge in [-0.05, 0) is 36.6 Å². The zero-order chi connectivity index (χ0) is 17.7. The summed E-state index contributed by atoms with van der Waals surface area (Å²) in [5.74, 6) is 0.789. The topological polar surface area (TPSA) is 58.5 Å². The molecule has 1 aromatic carbocycles.